The summed E-state index contributed by atoms with van der Waals surface area (Å²) in [6.45, 7) is 7.99. The number of aryl methyl sites for hydroxylation is 3. The van der Waals surface area contributed by atoms with Gasteiger partial charge in [0.15, 0.2) is 6.10 Å². The van der Waals surface area contributed by atoms with E-state index in [1.165, 1.54) is 0 Å². The number of carboxylic acids is 1. The van der Waals surface area contributed by atoms with Crippen molar-refractivity contribution in [3.05, 3.63) is 53.1 Å². The average Bonchev–Trinajstić information content (AvgIpc) is 3.03. The van der Waals surface area contributed by atoms with Gasteiger partial charge >= 0.3 is 5.97 Å². The molecule has 0 fully saturated rings. The molecule has 142 valence electrons. The van der Waals surface area contributed by atoms with Crippen LogP contribution in [0.2, 0.25) is 0 Å². The first-order valence-corrected chi connectivity index (χ1v) is 9.18. The van der Waals surface area contributed by atoms with Gasteiger partial charge in [0.05, 0.1) is 17.8 Å². The monoisotopic (exact) mass is 367 g/mol. The minimum atomic E-state index is -0.956. The topological polar surface area (TPSA) is 76.7 Å². The molecule has 0 saturated heterocycles. The van der Waals surface area contributed by atoms with Gasteiger partial charge in [-0.15, -0.1) is 0 Å². The summed E-state index contributed by atoms with van der Waals surface area (Å²) in [6, 6.07) is 6.30. The summed E-state index contributed by atoms with van der Waals surface area (Å²) in [4.78, 5) is 15.4. The van der Waals surface area contributed by atoms with Crippen molar-refractivity contribution in [2.75, 3.05) is 6.61 Å². The van der Waals surface area contributed by atoms with Crippen molar-refractivity contribution >= 4 is 11.5 Å². The predicted octanol–water partition coefficient (Wildman–Crippen LogP) is 3.61. The number of carbonyl (C=O) groups is 1. The first-order chi connectivity index (χ1) is 12.9. The number of fused-ring (bicyclic) bond motifs is 1. The van der Waals surface area contributed by atoms with Crippen LogP contribution in [-0.2, 0) is 22.4 Å². The van der Waals surface area contributed by atoms with Crippen LogP contribution in [0.25, 0.3) is 16.6 Å². The van der Waals surface area contributed by atoms with Gasteiger partial charge in [-0.1, -0.05) is 6.92 Å². The van der Waals surface area contributed by atoms with E-state index < -0.39 is 12.1 Å². The van der Waals surface area contributed by atoms with Crippen molar-refractivity contribution in [2.45, 2.75) is 46.6 Å². The quantitative estimate of drug-likeness (QED) is 0.690. The largest absolute Gasteiger partial charge is 0.479 e. The van der Waals surface area contributed by atoms with Gasteiger partial charge in [0.2, 0.25) is 0 Å². The molecule has 3 aromatic rings. The van der Waals surface area contributed by atoms with Crippen LogP contribution in [0.1, 0.15) is 36.4 Å². The molecule has 27 heavy (non-hydrogen) atoms. The zero-order valence-corrected chi connectivity index (χ0v) is 16.2. The van der Waals surface area contributed by atoms with E-state index in [1.807, 2.05) is 30.8 Å². The Morgan fingerprint density at radius 3 is 2.74 bits per heavy atom. The molecule has 1 unspecified atom stereocenters. The number of hydrogen-bond acceptors (Lipinski definition) is 4. The smallest absolute Gasteiger partial charge is 0.332 e. The molecule has 6 heteroatoms. The summed E-state index contributed by atoms with van der Waals surface area (Å²) < 4.78 is 7.46. The van der Waals surface area contributed by atoms with Crippen molar-refractivity contribution in [1.29, 1.82) is 0 Å². The number of carboxylic acid groups (broad SMARTS) is 1. The van der Waals surface area contributed by atoms with E-state index in [1.54, 1.807) is 6.92 Å². The van der Waals surface area contributed by atoms with Crippen molar-refractivity contribution < 1.29 is 14.6 Å². The zero-order chi connectivity index (χ0) is 19.6. The first kappa shape index (κ1) is 19.0. The highest BCUT2D eigenvalue weighted by Crippen LogP contribution is 2.31. The average molecular weight is 367 g/mol. The van der Waals surface area contributed by atoms with E-state index in [0.717, 1.165) is 45.6 Å². The Balaban J connectivity index is 2.10. The lowest BCUT2D eigenvalue weighted by Crippen LogP contribution is -2.21. The summed E-state index contributed by atoms with van der Waals surface area (Å²) in [7, 11) is 0. The maximum atomic E-state index is 11.0. The summed E-state index contributed by atoms with van der Waals surface area (Å²) in [5.74, 6) is -0.956. The normalized spacial score (nSPS) is 12.4. The Morgan fingerprint density at radius 1 is 1.30 bits per heavy atom. The number of rotatable bonds is 7. The maximum Gasteiger partial charge on any atom is 0.332 e. The molecule has 0 aliphatic carbocycles. The fourth-order valence-corrected chi connectivity index (χ4v) is 3.32. The van der Waals surface area contributed by atoms with E-state index in [-0.39, 0.29) is 0 Å². The van der Waals surface area contributed by atoms with Crippen LogP contribution in [0.15, 0.2) is 30.6 Å². The molecule has 3 aromatic heterocycles. The lowest BCUT2D eigenvalue weighted by Gasteiger charge is -2.16. The van der Waals surface area contributed by atoms with Crippen LogP contribution >= 0.6 is 0 Å². The summed E-state index contributed by atoms with van der Waals surface area (Å²) >= 11 is 0. The lowest BCUT2D eigenvalue weighted by atomic mass is 9.97. The van der Waals surface area contributed by atoms with Crippen molar-refractivity contribution in [1.82, 2.24) is 14.6 Å². The van der Waals surface area contributed by atoms with E-state index in [4.69, 9.17) is 14.9 Å². The highest BCUT2D eigenvalue weighted by atomic mass is 16.5. The number of ether oxygens (including phenoxy) is 1. The second-order valence-electron chi connectivity index (χ2n) is 6.77. The Hall–Kier alpha value is -2.73. The van der Waals surface area contributed by atoms with Crippen LogP contribution < -0.4 is 0 Å². The molecule has 0 spiro atoms. The Labute approximate surface area is 158 Å². The summed E-state index contributed by atoms with van der Waals surface area (Å²) in [5, 5.41) is 13.8. The van der Waals surface area contributed by atoms with Crippen LogP contribution in [-0.4, -0.2) is 38.4 Å². The number of hydrogen-bond donors (Lipinski definition) is 1. The Morgan fingerprint density at radius 2 is 2.07 bits per heavy atom. The van der Waals surface area contributed by atoms with Crippen LogP contribution in [0.5, 0.6) is 0 Å². The molecule has 0 aliphatic heterocycles. The van der Waals surface area contributed by atoms with E-state index in [2.05, 4.69) is 30.1 Å². The SMILES string of the molecule is CCc1ccc2c(-c3cncc(C)c3)c(CCOC(C)C(=O)O)c(C)nn12. The second-order valence-corrected chi connectivity index (χ2v) is 6.77. The molecule has 1 atom stereocenters. The summed E-state index contributed by atoms with van der Waals surface area (Å²) in [5.41, 5.74) is 7.37. The molecule has 0 aliphatic rings. The van der Waals surface area contributed by atoms with Crippen LogP contribution in [0, 0.1) is 13.8 Å². The van der Waals surface area contributed by atoms with Crippen molar-refractivity contribution in [3.8, 4) is 11.1 Å². The Kier molecular flexibility index (Phi) is 5.56. The molecule has 1 N–H and O–H groups in total. The second kappa shape index (κ2) is 7.88. The molecular formula is C21H25N3O3. The molecule has 0 amide bonds. The molecular weight excluding hydrogens is 342 g/mol. The molecule has 0 saturated carbocycles. The van der Waals surface area contributed by atoms with Gasteiger partial charge in [0.25, 0.3) is 0 Å². The molecule has 0 aromatic carbocycles. The number of pyridine rings is 1. The molecule has 6 nitrogen and oxygen atoms in total. The minimum Gasteiger partial charge on any atom is -0.479 e. The molecule has 0 bridgehead atoms. The number of nitrogens with zero attached hydrogens (tertiary/aromatic N) is 3. The van der Waals surface area contributed by atoms with Gasteiger partial charge in [-0.05, 0) is 62.9 Å². The van der Waals surface area contributed by atoms with Gasteiger partial charge in [0, 0.05) is 29.2 Å². The zero-order valence-electron chi connectivity index (χ0n) is 16.2. The molecule has 3 heterocycles. The van der Waals surface area contributed by atoms with Gasteiger partial charge < -0.3 is 9.84 Å². The van der Waals surface area contributed by atoms with Gasteiger partial charge in [-0.3, -0.25) is 4.98 Å². The van der Waals surface area contributed by atoms with Gasteiger partial charge in [0.1, 0.15) is 0 Å². The Bertz CT molecular complexity index is 978. The van der Waals surface area contributed by atoms with Crippen molar-refractivity contribution in [3.63, 3.8) is 0 Å². The van der Waals surface area contributed by atoms with Crippen molar-refractivity contribution in [2.24, 2.45) is 0 Å². The van der Waals surface area contributed by atoms with E-state index in [0.29, 0.717) is 13.0 Å². The van der Waals surface area contributed by atoms with E-state index in [9.17, 15) is 4.79 Å². The third-order valence-electron chi connectivity index (χ3n) is 4.77. The fourth-order valence-electron chi connectivity index (χ4n) is 3.32. The third kappa shape index (κ3) is 3.85. The van der Waals surface area contributed by atoms with Gasteiger partial charge in [-0.25, -0.2) is 9.31 Å². The molecule has 3 rings (SSSR count). The maximum absolute atomic E-state index is 11.0. The highest BCUT2D eigenvalue weighted by molar-refractivity contribution is 5.83. The number of aromatic nitrogens is 3. The number of aliphatic carboxylic acids is 1. The summed E-state index contributed by atoms with van der Waals surface area (Å²) in [6.07, 6.45) is 4.35. The van der Waals surface area contributed by atoms with Gasteiger partial charge in [-0.2, -0.15) is 5.10 Å². The fraction of sp³-hybridized carbons (Fsp3) is 0.381. The highest BCUT2D eigenvalue weighted by Gasteiger charge is 2.18. The standard InChI is InChI=1S/C21H25N3O3/c1-5-17-6-7-19-20(16-10-13(2)11-22-12-16)18(14(3)23-24(17)19)8-9-27-15(4)21(25)26/h6-7,10-12,15H,5,8-9H2,1-4H3,(H,25,26). The minimum absolute atomic E-state index is 0.319. The molecule has 0 radical (unpaired) electrons. The lowest BCUT2D eigenvalue weighted by molar-refractivity contribution is -0.149. The van der Waals surface area contributed by atoms with E-state index >= 15 is 0 Å². The predicted molar refractivity (Wildman–Crippen MR) is 104 cm³/mol. The first-order valence-electron chi connectivity index (χ1n) is 9.18. The van der Waals surface area contributed by atoms with Crippen LogP contribution in [0.4, 0.5) is 0 Å². The van der Waals surface area contributed by atoms with Crippen LogP contribution in [0.3, 0.4) is 0 Å². The third-order valence-corrected chi connectivity index (χ3v) is 4.77.